The van der Waals surface area contributed by atoms with Crippen LogP contribution in [-0.4, -0.2) is 35.8 Å². The van der Waals surface area contributed by atoms with Gasteiger partial charge in [-0.3, -0.25) is 9.59 Å². The van der Waals surface area contributed by atoms with Crippen LogP contribution in [0.3, 0.4) is 0 Å². The molecule has 0 radical (unpaired) electrons. The average molecular weight is 403 g/mol. The number of carbonyl (C=O) groups is 2. The molecule has 3 rings (SSSR count). The molecule has 0 spiro atoms. The van der Waals surface area contributed by atoms with Crippen molar-refractivity contribution in [1.29, 1.82) is 0 Å². The summed E-state index contributed by atoms with van der Waals surface area (Å²) in [5.74, 6) is 0.152. The Morgan fingerprint density at radius 1 is 1.20 bits per heavy atom. The van der Waals surface area contributed by atoms with E-state index in [0.29, 0.717) is 18.8 Å². The van der Waals surface area contributed by atoms with E-state index in [9.17, 15) is 9.59 Å². The van der Waals surface area contributed by atoms with Crippen LogP contribution in [0, 0.1) is 0 Å². The van der Waals surface area contributed by atoms with E-state index >= 15 is 0 Å². The summed E-state index contributed by atoms with van der Waals surface area (Å²) < 4.78 is 6.12. The van der Waals surface area contributed by atoms with Gasteiger partial charge in [0.25, 0.3) is 5.91 Å². The second-order valence-electron chi connectivity index (χ2n) is 5.94. The molecule has 2 amide bonds. The number of piperidine rings is 1. The molecule has 2 aromatic rings. The average Bonchev–Trinajstić information content (AvgIpc) is 3.15. The predicted molar refractivity (Wildman–Crippen MR) is 99.0 cm³/mol. The molecule has 0 aliphatic carbocycles. The molecule has 2 heterocycles. The van der Waals surface area contributed by atoms with E-state index in [1.807, 2.05) is 24.3 Å². The van der Waals surface area contributed by atoms with Crippen molar-refractivity contribution >= 4 is 33.8 Å². The fourth-order valence-corrected chi connectivity index (χ4v) is 3.23. The van der Waals surface area contributed by atoms with Crippen LogP contribution in [0.5, 0.6) is 0 Å². The van der Waals surface area contributed by atoms with Gasteiger partial charge in [-0.15, -0.1) is 0 Å². The summed E-state index contributed by atoms with van der Waals surface area (Å²) in [6.45, 7) is 1.22. The lowest BCUT2D eigenvalue weighted by Gasteiger charge is -2.31. The maximum Gasteiger partial charge on any atom is 0.289 e. The Balaban J connectivity index is 1.47. The van der Waals surface area contributed by atoms with E-state index in [1.165, 1.54) is 6.26 Å². The lowest BCUT2D eigenvalue weighted by Crippen LogP contribution is -2.46. The number of rotatable bonds is 4. The van der Waals surface area contributed by atoms with E-state index in [2.05, 4.69) is 21.2 Å². The first kappa shape index (κ1) is 17.5. The first-order chi connectivity index (χ1) is 12.1. The summed E-state index contributed by atoms with van der Waals surface area (Å²) in [6, 6.07) is 11.2. The van der Waals surface area contributed by atoms with Crippen molar-refractivity contribution in [3.63, 3.8) is 0 Å². The summed E-state index contributed by atoms with van der Waals surface area (Å²) in [5, 5.41) is 3.00. The normalized spacial score (nSPS) is 15.5. The van der Waals surface area contributed by atoms with Gasteiger partial charge in [-0.2, -0.15) is 0 Å². The van der Waals surface area contributed by atoms with Crippen LogP contribution in [0.25, 0.3) is 6.08 Å². The van der Waals surface area contributed by atoms with Gasteiger partial charge in [0, 0.05) is 29.7 Å². The quantitative estimate of drug-likeness (QED) is 0.796. The van der Waals surface area contributed by atoms with Crippen molar-refractivity contribution in [3.05, 3.63) is 64.5 Å². The van der Waals surface area contributed by atoms with Crippen LogP contribution < -0.4 is 5.32 Å². The van der Waals surface area contributed by atoms with Crippen molar-refractivity contribution < 1.29 is 14.0 Å². The second kappa shape index (κ2) is 8.16. The number of amides is 2. The third-order valence-corrected chi connectivity index (χ3v) is 4.63. The number of likely N-dealkylation sites (tertiary alicyclic amines) is 1. The summed E-state index contributed by atoms with van der Waals surface area (Å²) >= 11 is 3.41. The minimum Gasteiger partial charge on any atom is -0.459 e. The Kier molecular flexibility index (Phi) is 5.71. The minimum absolute atomic E-state index is 0.0836. The highest BCUT2D eigenvalue weighted by Crippen LogP contribution is 2.15. The van der Waals surface area contributed by atoms with E-state index < -0.39 is 0 Å². The Bertz CT molecular complexity index is 763. The molecule has 5 nitrogen and oxygen atoms in total. The number of hydrogen-bond acceptors (Lipinski definition) is 3. The first-order valence-corrected chi connectivity index (χ1v) is 8.98. The zero-order chi connectivity index (χ0) is 17.6. The topological polar surface area (TPSA) is 62.6 Å². The SMILES string of the molecule is O=C(/C=C/c1cccc(Br)c1)NC1CCN(C(=O)c2ccco2)CC1. The van der Waals surface area contributed by atoms with Crippen molar-refractivity contribution in [2.75, 3.05) is 13.1 Å². The lowest BCUT2D eigenvalue weighted by molar-refractivity contribution is -0.117. The van der Waals surface area contributed by atoms with Gasteiger partial charge in [0.15, 0.2) is 5.76 Å². The molecular weight excluding hydrogens is 384 g/mol. The number of nitrogens with zero attached hydrogens (tertiary/aromatic N) is 1. The van der Waals surface area contributed by atoms with Crippen molar-refractivity contribution in [2.45, 2.75) is 18.9 Å². The number of benzene rings is 1. The molecule has 0 saturated carbocycles. The smallest absolute Gasteiger partial charge is 0.289 e. The van der Waals surface area contributed by atoms with Crippen molar-refractivity contribution in [2.24, 2.45) is 0 Å². The van der Waals surface area contributed by atoms with Crippen molar-refractivity contribution in [1.82, 2.24) is 10.2 Å². The Hall–Kier alpha value is -2.34. The Labute approximate surface area is 154 Å². The standard InChI is InChI=1S/C19H19BrN2O3/c20-15-4-1-3-14(13-15)6-7-18(23)21-16-8-10-22(11-9-16)19(24)17-5-2-12-25-17/h1-7,12-13,16H,8-11H2,(H,21,23)/b7-6+. The van der Waals surface area contributed by atoms with E-state index in [0.717, 1.165) is 22.9 Å². The molecule has 1 aliphatic heterocycles. The molecule has 1 aromatic heterocycles. The van der Waals surface area contributed by atoms with Gasteiger partial charge in [-0.1, -0.05) is 28.1 Å². The molecule has 0 bridgehead atoms. The Morgan fingerprint density at radius 3 is 2.68 bits per heavy atom. The van der Waals surface area contributed by atoms with Gasteiger partial charge in [0.2, 0.25) is 5.91 Å². The summed E-state index contributed by atoms with van der Waals surface area (Å²) in [5.41, 5.74) is 0.961. The van der Waals surface area contributed by atoms with Crippen LogP contribution in [0.15, 0.2) is 57.6 Å². The predicted octanol–water partition coefficient (Wildman–Crippen LogP) is 3.48. The highest BCUT2D eigenvalue weighted by atomic mass is 79.9. The maximum absolute atomic E-state index is 12.2. The Morgan fingerprint density at radius 2 is 2.00 bits per heavy atom. The molecular formula is C19H19BrN2O3. The van der Waals surface area contributed by atoms with Gasteiger partial charge in [0.05, 0.1) is 6.26 Å². The van der Waals surface area contributed by atoms with E-state index in [4.69, 9.17) is 4.42 Å². The van der Waals surface area contributed by atoms with Crippen LogP contribution in [0.2, 0.25) is 0 Å². The highest BCUT2D eigenvalue weighted by molar-refractivity contribution is 9.10. The molecule has 130 valence electrons. The molecule has 25 heavy (non-hydrogen) atoms. The van der Waals surface area contributed by atoms with Gasteiger partial charge in [-0.25, -0.2) is 0 Å². The molecule has 6 heteroatoms. The van der Waals surface area contributed by atoms with Gasteiger partial charge >= 0.3 is 0 Å². The fourth-order valence-electron chi connectivity index (χ4n) is 2.81. The fraction of sp³-hybridized carbons (Fsp3) is 0.263. The molecule has 1 N–H and O–H groups in total. The van der Waals surface area contributed by atoms with Crippen LogP contribution >= 0.6 is 15.9 Å². The number of carbonyl (C=O) groups excluding carboxylic acids is 2. The zero-order valence-corrected chi connectivity index (χ0v) is 15.2. The van der Waals surface area contributed by atoms with Gasteiger partial charge in [-0.05, 0) is 48.7 Å². The highest BCUT2D eigenvalue weighted by Gasteiger charge is 2.25. The first-order valence-electron chi connectivity index (χ1n) is 8.19. The largest absolute Gasteiger partial charge is 0.459 e. The third kappa shape index (κ3) is 4.82. The molecule has 0 unspecified atom stereocenters. The van der Waals surface area contributed by atoms with E-state index in [1.54, 1.807) is 29.2 Å². The monoisotopic (exact) mass is 402 g/mol. The summed E-state index contributed by atoms with van der Waals surface area (Å²) in [7, 11) is 0. The van der Waals surface area contributed by atoms with Crippen molar-refractivity contribution in [3.8, 4) is 0 Å². The number of halogens is 1. The second-order valence-corrected chi connectivity index (χ2v) is 6.86. The third-order valence-electron chi connectivity index (χ3n) is 4.14. The van der Waals surface area contributed by atoms with Gasteiger partial charge in [0.1, 0.15) is 0 Å². The number of furan rings is 1. The van der Waals surface area contributed by atoms with Gasteiger partial charge < -0.3 is 14.6 Å². The van der Waals surface area contributed by atoms with E-state index in [-0.39, 0.29) is 17.9 Å². The molecule has 1 aromatic carbocycles. The summed E-state index contributed by atoms with van der Waals surface area (Å²) in [4.78, 5) is 26.0. The summed E-state index contributed by atoms with van der Waals surface area (Å²) in [6.07, 6.45) is 6.31. The van der Waals surface area contributed by atoms with Crippen LogP contribution in [-0.2, 0) is 4.79 Å². The minimum atomic E-state index is -0.115. The molecule has 1 fully saturated rings. The van der Waals surface area contributed by atoms with Crippen LogP contribution in [0.4, 0.5) is 0 Å². The molecule has 0 atom stereocenters. The number of hydrogen-bond donors (Lipinski definition) is 1. The maximum atomic E-state index is 12.2. The molecule has 1 aliphatic rings. The lowest BCUT2D eigenvalue weighted by atomic mass is 10.0. The number of nitrogens with one attached hydrogen (secondary N) is 1. The zero-order valence-electron chi connectivity index (χ0n) is 13.7. The molecule has 1 saturated heterocycles. The van der Waals surface area contributed by atoms with Crippen LogP contribution in [0.1, 0.15) is 29.0 Å².